The first-order chi connectivity index (χ1) is 31.1. The van der Waals surface area contributed by atoms with Crippen LogP contribution in [0, 0.1) is 0 Å². The topological polar surface area (TPSA) is 247 Å². The van der Waals surface area contributed by atoms with Gasteiger partial charge in [0.25, 0.3) is 0 Å². The maximum atomic E-state index is 13.5. The van der Waals surface area contributed by atoms with Gasteiger partial charge in [0.15, 0.2) is 12.4 Å². The van der Waals surface area contributed by atoms with Crippen LogP contribution in [0.2, 0.25) is 0 Å². The van der Waals surface area contributed by atoms with E-state index in [0.717, 1.165) is 51.4 Å². The van der Waals surface area contributed by atoms with E-state index in [2.05, 4.69) is 27.5 Å². The van der Waals surface area contributed by atoms with Gasteiger partial charge in [0, 0.05) is 6.42 Å². The van der Waals surface area contributed by atoms with Crippen LogP contribution >= 0.6 is 0 Å². The third-order valence-electron chi connectivity index (χ3n) is 11.5. The van der Waals surface area contributed by atoms with Crippen molar-refractivity contribution in [3.8, 4) is 0 Å². The van der Waals surface area contributed by atoms with Gasteiger partial charge in [-0.3, -0.25) is 13.2 Å². The Morgan fingerprint density at radius 3 is 1.66 bits per heavy atom. The minimum absolute atomic E-state index is 0. The van der Waals surface area contributed by atoms with Gasteiger partial charge < -0.3 is 38.8 Å². The second kappa shape index (κ2) is 40.0. The summed E-state index contributed by atoms with van der Waals surface area (Å²) >= 11 is 0. The summed E-state index contributed by atoms with van der Waals surface area (Å²) < 4.78 is 94.7. The molecule has 0 bridgehead atoms. The van der Waals surface area contributed by atoms with Gasteiger partial charge in [-0.2, -0.15) is 0 Å². The van der Waals surface area contributed by atoms with Crippen LogP contribution in [0.4, 0.5) is 0 Å². The zero-order valence-corrected chi connectivity index (χ0v) is 46.5. The first kappa shape index (κ1) is 66.5. The number of hydrogen-bond donors (Lipinski definition) is 3. The van der Waals surface area contributed by atoms with Crippen LogP contribution in [0.1, 0.15) is 191 Å². The molecule has 0 spiro atoms. The normalized spacial score (nSPS) is 19.6. The van der Waals surface area contributed by atoms with Gasteiger partial charge in [0.2, 0.25) is 26.7 Å². The van der Waals surface area contributed by atoms with Gasteiger partial charge in [-0.15, -0.1) is 0 Å². The summed E-state index contributed by atoms with van der Waals surface area (Å²) in [7, 11) is -10.9. The molecule has 0 unspecified atom stereocenters. The minimum Gasteiger partial charge on any atom is -0.726 e. The number of carbonyl (C=O) groups is 2. The fourth-order valence-corrected chi connectivity index (χ4v) is 8.52. The number of ether oxygens (including phenoxy) is 3. The van der Waals surface area contributed by atoms with Crippen LogP contribution < -0.4 is 64.4 Å². The Labute approximate surface area is 446 Å². The van der Waals surface area contributed by atoms with E-state index >= 15 is 0 Å². The Kier molecular flexibility index (Phi) is 39.7. The first-order valence-corrected chi connectivity index (χ1v) is 26.9. The van der Waals surface area contributed by atoms with Gasteiger partial charge in [-0.05, 0) is 37.5 Å². The number of hydrogen-bond acceptors (Lipinski definition) is 15. The monoisotopic (exact) mass is 1010 g/mol. The summed E-state index contributed by atoms with van der Waals surface area (Å²) in [4.78, 5) is 27.0. The third-order valence-corrected chi connectivity index (χ3v) is 12.4. The largest absolute Gasteiger partial charge is 1.00 e. The van der Waals surface area contributed by atoms with E-state index in [1.165, 1.54) is 96.3 Å². The van der Waals surface area contributed by atoms with E-state index in [1.54, 1.807) is 36.4 Å². The molecule has 0 aliphatic carbocycles. The van der Waals surface area contributed by atoms with Crippen LogP contribution in [-0.2, 0) is 48.2 Å². The number of aliphatic hydroxyl groups excluding tert-OH is 2. The summed E-state index contributed by atoms with van der Waals surface area (Å²) in [6.07, 6.45) is 20.2. The molecule has 3 N–H and O–H groups in total. The molecule has 16 nitrogen and oxygen atoms in total. The summed E-state index contributed by atoms with van der Waals surface area (Å²) in [5.74, 6) is -1.11. The average Bonchev–Trinajstić information content (AvgIpc) is 3.26. The number of unbranched alkanes of at least 4 members (excludes halogenated alkanes) is 23. The molecule has 1 saturated heterocycles. The maximum Gasteiger partial charge on any atom is 1.00 e. The maximum absolute atomic E-state index is 13.5. The van der Waals surface area contributed by atoms with Crippen molar-refractivity contribution in [3.63, 3.8) is 0 Å². The van der Waals surface area contributed by atoms with E-state index in [0.29, 0.717) is 12.8 Å². The molecule has 1 amide bonds. The minimum atomic E-state index is -5.55. The van der Waals surface area contributed by atoms with Gasteiger partial charge >= 0.3 is 65.1 Å². The Balaban J connectivity index is 0.0000218. The number of esters is 1. The molecule has 20 heteroatoms. The average molecular weight is 1010 g/mol. The molecule has 7 atom stereocenters. The number of rotatable bonds is 39. The van der Waals surface area contributed by atoms with Crippen molar-refractivity contribution in [2.24, 2.45) is 0 Å². The zero-order valence-electron chi connectivity index (χ0n) is 40.9. The quantitative estimate of drug-likeness (QED) is 0.0214. The van der Waals surface area contributed by atoms with Crippen LogP contribution in [-0.4, -0.2) is 104 Å². The predicted octanol–water partition coefficient (Wildman–Crippen LogP) is 2.23. The number of aliphatic hydroxyl groups is 2. The fourth-order valence-electron chi connectivity index (χ4n) is 7.74. The Morgan fingerprint density at radius 1 is 0.701 bits per heavy atom. The second-order valence-electron chi connectivity index (χ2n) is 17.2. The van der Waals surface area contributed by atoms with Crippen LogP contribution in [0.15, 0.2) is 42.5 Å². The zero-order chi connectivity index (χ0) is 47.8. The van der Waals surface area contributed by atoms with E-state index in [9.17, 15) is 45.7 Å². The van der Waals surface area contributed by atoms with Crippen molar-refractivity contribution in [1.82, 2.24) is 5.32 Å². The Morgan fingerprint density at radius 2 is 1.18 bits per heavy atom. The number of amides is 1. The van der Waals surface area contributed by atoms with Crippen molar-refractivity contribution >= 4 is 32.7 Å². The summed E-state index contributed by atoms with van der Waals surface area (Å²) in [6.45, 7) is 2.71. The van der Waals surface area contributed by atoms with Gasteiger partial charge in [-0.1, -0.05) is 179 Å². The van der Waals surface area contributed by atoms with Crippen molar-refractivity contribution in [2.45, 2.75) is 224 Å². The number of carbonyl (C=O) groups excluding carboxylic acids is 2. The molecule has 376 valence electrons. The van der Waals surface area contributed by atoms with Crippen molar-refractivity contribution in [1.29, 1.82) is 0 Å². The van der Waals surface area contributed by atoms with Crippen LogP contribution in [0.5, 0.6) is 0 Å². The first-order valence-electron chi connectivity index (χ1n) is 24.2. The summed E-state index contributed by atoms with van der Waals surface area (Å²) in [5.41, 5.74) is 0.229. The number of benzene rings is 1. The van der Waals surface area contributed by atoms with E-state index in [4.69, 9.17) is 14.2 Å². The van der Waals surface area contributed by atoms with E-state index < -0.39 is 88.7 Å². The van der Waals surface area contributed by atoms with Crippen molar-refractivity contribution in [2.75, 3.05) is 13.2 Å². The summed E-state index contributed by atoms with van der Waals surface area (Å²) in [5, 5.41) is 24.2. The molecule has 1 aliphatic rings. The standard InChI is InChI=1S/C47H81NO15S2.2Na/c1-3-5-7-9-11-13-15-17-19-21-23-25-30-34-40(61-46(52)38-32-28-27-29-33-38)39(48-42(49)35-31-26-24-22-20-18-16-14-12-10-8-6-4-2)36-59-47-45(63-65(56,57)58)44(51)43(50)41(62-47)37-60-64(53,54)55;;/h27-30,32-34,39-41,43-45,47,50-51H,3-26,31,35-37H2,1-2H3,(H,48,49)(H,53,54,55)(H,56,57,58);;/q;2*+1/p-2/b34-30+;;/t39-,40+,41+,43-,44-,45+,47+;;/m0../s1. The molecular formula is C47H79NNa2O15S2. The van der Waals surface area contributed by atoms with Gasteiger partial charge in [-0.25, -0.2) is 21.6 Å². The van der Waals surface area contributed by atoms with Gasteiger partial charge in [0.1, 0.15) is 24.4 Å². The molecule has 1 heterocycles. The number of allylic oxidation sites excluding steroid dienone is 1. The smallest absolute Gasteiger partial charge is 0.726 e. The molecule has 0 aromatic heterocycles. The molecule has 1 aromatic rings. The molecule has 1 aromatic carbocycles. The SMILES string of the molecule is CCCCCCCCCCCCC/C=C/[C@@H](OC(=O)c1ccccc1)[C@H](CO[C@@H]1O[C@H](COS(=O)(=O)[O-])[C@H](O)[C@H](O)[C@H]1OS(=O)(=O)[O-])NC(=O)CCCCCCCCCCCCCCC.[Na+].[Na+]. The van der Waals surface area contributed by atoms with Crippen molar-refractivity contribution < 1.29 is 127 Å². The van der Waals surface area contributed by atoms with Crippen LogP contribution in [0.3, 0.4) is 0 Å². The predicted molar refractivity (Wildman–Crippen MR) is 245 cm³/mol. The fraction of sp³-hybridized carbons (Fsp3) is 0.787. The van der Waals surface area contributed by atoms with Crippen LogP contribution in [0.25, 0.3) is 0 Å². The molecular weight excluding hydrogens is 929 g/mol. The molecule has 67 heavy (non-hydrogen) atoms. The second-order valence-corrected chi connectivity index (χ2v) is 19.2. The van der Waals surface area contributed by atoms with Gasteiger partial charge in [0.05, 0.1) is 24.8 Å². The molecule has 1 fully saturated rings. The molecule has 1 aliphatic heterocycles. The Bertz CT molecular complexity index is 1660. The number of nitrogens with one attached hydrogen (secondary N) is 1. The molecule has 2 rings (SSSR count). The van der Waals surface area contributed by atoms with E-state index in [1.807, 2.05) is 6.08 Å². The molecule has 0 radical (unpaired) electrons. The van der Waals surface area contributed by atoms with Crippen molar-refractivity contribution in [3.05, 3.63) is 48.0 Å². The Hall–Kier alpha value is -0.520. The van der Waals surface area contributed by atoms with E-state index in [-0.39, 0.29) is 71.1 Å². The third kappa shape index (κ3) is 33.0. The summed E-state index contributed by atoms with van der Waals surface area (Å²) in [6, 6.07) is 7.01. The molecule has 0 saturated carbocycles.